The highest BCUT2D eigenvalue weighted by Crippen LogP contribution is 2.21. The van der Waals surface area contributed by atoms with Crippen LogP contribution in [-0.2, 0) is 24.2 Å². The third-order valence-electron chi connectivity index (χ3n) is 3.49. The van der Waals surface area contributed by atoms with E-state index in [0.717, 1.165) is 29.1 Å². The molecule has 4 nitrogen and oxygen atoms in total. The minimum Gasteiger partial charge on any atom is -0.399 e. The van der Waals surface area contributed by atoms with Gasteiger partial charge in [-0.3, -0.25) is 9.48 Å². The van der Waals surface area contributed by atoms with Crippen molar-refractivity contribution in [2.75, 3.05) is 5.73 Å². The van der Waals surface area contributed by atoms with Crippen LogP contribution in [0.1, 0.15) is 30.3 Å². The third-order valence-corrected chi connectivity index (χ3v) is 3.98. The van der Waals surface area contributed by atoms with Gasteiger partial charge in [0.15, 0.2) is 0 Å². The number of rotatable bonds is 6. The Labute approximate surface area is 129 Å². The summed E-state index contributed by atoms with van der Waals surface area (Å²) in [6, 6.07) is 7.62. The first-order valence-corrected chi connectivity index (χ1v) is 7.47. The molecular formula is C16H20ClN3O. The molecule has 0 bridgehead atoms. The molecule has 2 rings (SSSR count). The fourth-order valence-corrected chi connectivity index (χ4v) is 2.48. The Balaban J connectivity index is 1.97. The van der Waals surface area contributed by atoms with E-state index in [2.05, 4.69) is 5.10 Å². The molecule has 0 spiro atoms. The normalized spacial score (nSPS) is 10.8. The highest BCUT2D eigenvalue weighted by Gasteiger charge is 2.15. The van der Waals surface area contributed by atoms with Crippen LogP contribution in [0.4, 0.5) is 5.69 Å². The fourth-order valence-electron chi connectivity index (χ4n) is 2.28. The molecule has 2 aromatic rings. The van der Waals surface area contributed by atoms with Gasteiger partial charge in [-0.2, -0.15) is 5.10 Å². The molecule has 21 heavy (non-hydrogen) atoms. The van der Waals surface area contributed by atoms with Crippen LogP contribution in [0.5, 0.6) is 0 Å². The summed E-state index contributed by atoms with van der Waals surface area (Å²) >= 11 is 6.22. The molecule has 0 unspecified atom stereocenters. The second-order valence-corrected chi connectivity index (χ2v) is 5.50. The number of Topliss-reactive ketones (excluding diaryl/α,β-unsaturated/α-hetero) is 1. The number of anilines is 1. The summed E-state index contributed by atoms with van der Waals surface area (Å²) in [7, 11) is 0. The largest absolute Gasteiger partial charge is 0.399 e. The Kier molecular flexibility index (Phi) is 5.02. The number of hydrogen-bond donors (Lipinski definition) is 1. The molecule has 5 heteroatoms. The summed E-state index contributed by atoms with van der Waals surface area (Å²) in [6.07, 6.45) is 1.55. The van der Waals surface area contributed by atoms with Gasteiger partial charge in [-0.1, -0.05) is 23.7 Å². The predicted molar refractivity (Wildman–Crippen MR) is 85.5 cm³/mol. The second kappa shape index (κ2) is 6.76. The maximum absolute atomic E-state index is 12.2. The molecule has 0 saturated heterocycles. The standard InChI is InChI=1S/C16H20ClN3O/c1-3-20-15(16(17)11(2)19-20)10-14(21)9-6-12-4-7-13(18)8-5-12/h4-5,7-8H,3,6,9-10,18H2,1-2H3. The molecule has 1 heterocycles. The molecule has 0 amide bonds. The molecule has 0 aliphatic carbocycles. The molecule has 0 radical (unpaired) electrons. The number of ketones is 1. The molecule has 0 saturated carbocycles. The lowest BCUT2D eigenvalue weighted by Gasteiger charge is -2.05. The lowest BCUT2D eigenvalue weighted by atomic mass is 10.0. The Bertz CT molecular complexity index is 632. The fraction of sp³-hybridized carbons (Fsp3) is 0.375. The Hall–Kier alpha value is -1.81. The van der Waals surface area contributed by atoms with Crippen molar-refractivity contribution >= 4 is 23.1 Å². The number of hydrogen-bond acceptors (Lipinski definition) is 3. The minimum atomic E-state index is 0.170. The van der Waals surface area contributed by atoms with Crippen molar-refractivity contribution in [3.05, 3.63) is 46.2 Å². The van der Waals surface area contributed by atoms with Gasteiger partial charge in [-0.15, -0.1) is 0 Å². The zero-order chi connectivity index (χ0) is 15.4. The highest BCUT2D eigenvalue weighted by atomic mass is 35.5. The number of aryl methyl sites for hydroxylation is 3. The van der Waals surface area contributed by atoms with Crippen molar-refractivity contribution in [3.8, 4) is 0 Å². The predicted octanol–water partition coefficient (Wildman–Crippen LogP) is 3.19. The SMILES string of the molecule is CCn1nc(C)c(Cl)c1CC(=O)CCc1ccc(N)cc1. The summed E-state index contributed by atoms with van der Waals surface area (Å²) in [5.41, 5.74) is 9.09. The summed E-state index contributed by atoms with van der Waals surface area (Å²) in [5.74, 6) is 0.170. The Morgan fingerprint density at radius 3 is 2.62 bits per heavy atom. The van der Waals surface area contributed by atoms with Crippen LogP contribution in [0.2, 0.25) is 5.02 Å². The van der Waals surface area contributed by atoms with Gasteiger partial charge in [0, 0.05) is 25.1 Å². The van der Waals surface area contributed by atoms with Crippen molar-refractivity contribution in [1.82, 2.24) is 9.78 Å². The molecule has 0 aliphatic heterocycles. The first-order valence-electron chi connectivity index (χ1n) is 7.09. The van der Waals surface area contributed by atoms with Gasteiger partial charge in [0.05, 0.1) is 16.4 Å². The van der Waals surface area contributed by atoms with E-state index >= 15 is 0 Å². The monoisotopic (exact) mass is 305 g/mol. The number of benzene rings is 1. The summed E-state index contributed by atoms with van der Waals surface area (Å²) in [4.78, 5) is 12.2. The van der Waals surface area contributed by atoms with E-state index in [1.807, 2.05) is 38.1 Å². The van der Waals surface area contributed by atoms with Crippen molar-refractivity contribution in [2.45, 2.75) is 39.7 Å². The van der Waals surface area contributed by atoms with Gasteiger partial charge in [-0.05, 0) is 38.0 Å². The number of halogens is 1. The molecule has 0 fully saturated rings. The minimum absolute atomic E-state index is 0.170. The average molecular weight is 306 g/mol. The van der Waals surface area contributed by atoms with E-state index in [4.69, 9.17) is 17.3 Å². The van der Waals surface area contributed by atoms with E-state index in [0.29, 0.717) is 24.4 Å². The van der Waals surface area contributed by atoms with Gasteiger partial charge in [0.1, 0.15) is 5.78 Å². The zero-order valence-electron chi connectivity index (χ0n) is 12.4. The number of aromatic nitrogens is 2. The number of nitrogens with two attached hydrogens (primary N) is 1. The number of nitrogen functional groups attached to an aromatic ring is 1. The van der Waals surface area contributed by atoms with E-state index < -0.39 is 0 Å². The van der Waals surface area contributed by atoms with Crippen LogP contribution >= 0.6 is 11.6 Å². The van der Waals surface area contributed by atoms with Crippen LogP contribution in [0.3, 0.4) is 0 Å². The van der Waals surface area contributed by atoms with E-state index in [9.17, 15) is 4.79 Å². The van der Waals surface area contributed by atoms with Gasteiger partial charge < -0.3 is 5.73 Å². The van der Waals surface area contributed by atoms with Crippen molar-refractivity contribution < 1.29 is 4.79 Å². The number of carbonyl (C=O) groups is 1. The van der Waals surface area contributed by atoms with Gasteiger partial charge in [0.2, 0.25) is 0 Å². The quantitative estimate of drug-likeness (QED) is 0.834. The van der Waals surface area contributed by atoms with Crippen molar-refractivity contribution in [2.24, 2.45) is 0 Å². The van der Waals surface area contributed by atoms with Crippen LogP contribution in [0, 0.1) is 6.92 Å². The first kappa shape index (κ1) is 15.6. The number of nitrogens with zero attached hydrogens (tertiary/aromatic N) is 2. The van der Waals surface area contributed by atoms with E-state index in [1.165, 1.54) is 0 Å². The summed E-state index contributed by atoms with van der Waals surface area (Å²) in [6.45, 7) is 4.57. The molecular weight excluding hydrogens is 286 g/mol. The van der Waals surface area contributed by atoms with Gasteiger partial charge in [0.25, 0.3) is 0 Å². The molecule has 112 valence electrons. The van der Waals surface area contributed by atoms with Crippen LogP contribution in [0.15, 0.2) is 24.3 Å². The first-order chi connectivity index (χ1) is 10.0. The molecule has 0 atom stereocenters. The average Bonchev–Trinajstić information content (AvgIpc) is 2.74. The summed E-state index contributed by atoms with van der Waals surface area (Å²) in [5, 5.41) is 4.94. The van der Waals surface area contributed by atoms with Gasteiger partial charge in [-0.25, -0.2) is 0 Å². The Morgan fingerprint density at radius 2 is 2.00 bits per heavy atom. The maximum Gasteiger partial charge on any atom is 0.139 e. The lowest BCUT2D eigenvalue weighted by Crippen LogP contribution is -2.10. The topological polar surface area (TPSA) is 60.9 Å². The zero-order valence-corrected chi connectivity index (χ0v) is 13.2. The van der Waals surface area contributed by atoms with Crippen molar-refractivity contribution in [3.63, 3.8) is 0 Å². The molecule has 1 aromatic carbocycles. The maximum atomic E-state index is 12.2. The lowest BCUT2D eigenvalue weighted by molar-refractivity contribution is -0.118. The summed E-state index contributed by atoms with van der Waals surface area (Å²) < 4.78 is 1.80. The molecule has 0 aliphatic rings. The molecule has 2 N–H and O–H groups in total. The number of carbonyl (C=O) groups excluding carboxylic acids is 1. The molecule has 1 aromatic heterocycles. The third kappa shape index (κ3) is 3.85. The van der Waals surface area contributed by atoms with Gasteiger partial charge >= 0.3 is 0 Å². The van der Waals surface area contributed by atoms with Crippen LogP contribution < -0.4 is 5.73 Å². The van der Waals surface area contributed by atoms with Crippen molar-refractivity contribution in [1.29, 1.82) is 0 Å². The van der Waals surface area contributed by atoms with Crippen LogP contribution in [-0.4, -0.2) is 15.6 Å². The highest BCUT2D eigenvalue weighted by molar-refractivity contribution is 6.32. The Morgan fingerprint density at radius 1 is 1.33 bits per heavy atom. The smallest absolute Gasteiger partial charge is 0.139 e. The second-order valence-electron chi connectivity index (χ2n) is 5.12. The van der Waals surface area contributed by atoms with E-state index in [1.54, 1.807) is 4.68 Å². The van der Waals surface area contributed by atoms with E-state index in [-0.39, 0.29) is 5.78 Å². The van der Waals surface area contributed by atoms with Crippen LogP contribution in [0.25, 0.3) is 0 Å².